The van der Waals surface area contributed by atoms with Crippen molar-refractivity contribution in [2.45, 2.75) is 38.6 Å². The molecule has 0 saturated heterocycles. The first-order valence-corrected chi connectivity index (χ1v) is 9.19. The third-order valence-electron chi connectivity index (χ3n) is 4.63. The normalized spacial score (nSPS) is 17.2. The Hall–Kier alpha value is -2.55. The Bertz CT molecular complexity index is 696. The van der Waals surface area contributed by atoms with Gasteiger partial charge in [-0.15, -0.1) is 0 Å². The monoisotopic (exact) mass is 334 g/mol. The highest BCUT2D eigenvalue weighted by molar-refractivity contribution is 5.95. The van der Waals surface area contributed by atoms with Crippen LogP contribution in [0.25, 0.3) is 0 Å². The Morgan fingerprint density at radius 2 is 1.56 bits per heavy atom. The lowest BCUT2D eigenvalue weighted by Gasteiger charge is -2.37. The zero-order valence-corrected chi connectivity index (χ0v) is 14.8. The predicted molar refractivity (Wildman–Crippen MR) is 103 cm³/mol. The molecule has 0 radical (unpaired) electrons. The number of amides is 2. The van der Waals surface area contributed by atoms with Crippen LogP contribution in [0.4, 0.5) is 10.5 Å². The van der Waals surface area contributed by atoms with Crippen LogP contribution in [0.5, 0.6) is 0 Å². The maximum Gasteiger partial charge on any atom is 0.329 e. The Kier molecular flexibility index (Phi) is 5.89. The molecule has 0 N–H and O–H groups in total. The highest BCUT2D eigenvalue weighted by Crippen LogP contribution is 2.30. The van der Waals surface area contributed by atoms with E-state index in [4.69, 9.17) is 0 Å². The molecule has 0 aliphatic carbocycles. The molecule has 3 heteroatoms. The van der Waals surface area contributed by atoms with Crippen molar-refractivity contribution in [1.29, 1.82) is 0 Å². The van der Waals surface area contributed by atoms with E-state index in [1.807, 2.05) is 59.6 Å². The summed E-state index contributed by atoms with van der Waals surface area (Å²) in [5.41, 5.74) is 2.07. The van der Waals surface area contributed by atoms with Gasteiger partial charge in [0.2, 0.25) is 0 Å². The predicted octanol–water partition coefficient (Wildman–Crippen LogP) is 5.76. The zero-order valence-electron chi connectivity index (χ0n) is 14.8. The van der Waals surface area contributed by atoms with Gasteiger partial charge in [0, 0.05) is 12.7 Å². The van der Waals surface area contributed by atoms with Gasteiger partial charge in [0.15, 0.2) is 0 Å². The third-order valence-corrected chi connectivity index (χ3v) is 4.63. The molecule has 130 valence electrons. The Morgan fingerprint density at radius 3 is 2.24 bits per heavy atom. The van der Waals surface area contributed by atoms with E-state index in [1.54, 1.807) is 4.90 Å². The van der Waals surface area contributed by atoms with Crippen molar-refractivity contribution in [3.8, 4) is 0 Å². The molecular formula is C22H26N2O. The van der Waals surface area contributed by atoms with Gasteiger partial charge in [-0.1, -0.05) is 74.7 Å². The Morgan fingerprint density at radius 1 is 0.880 bits per heavy atom. The minimum Gasteiger partial charge on any atom is -0.313 e. The van der Waals surface area contributed by atoms with E-state index >= 15 is 0 Å². The number of nitrogens with zero attached hydrogens (tertiary/aromatic N) is 2. The molecule has 0 spiro atoms. The van der Waals surface area contributed by atoms with E-state index in [0.717, 1.165) is 30.6 Å². The fourth-order valence-corrected chi connectivity index (χ4v) is 3.26. The maximum absolute atomic E-state index is 13.2. The van der Waals surface area contributed by atoms with Crippen LogP contribution in [0, 0.1) is 0 Å². The van der Waals surface area contributed by atoms with Crippen LogP contribution >= 0.6 is 0 Å². The summed E-state index contributed by atoms with van der Waals surface area (Å²) in [5, 5.41) is 0. The number of carbonyl (C=O) groups excluding carboxylic acids is 1. The van der Waals surface area contributed by atoms with Crippen LogP contribution in [-0.4, -0.2) is 17.5 Å². The van der Waals surface area contributed by atoms with Gasteiger partial charge in [-0.25, -0.2) is 4.79 Å². The molecule has 1 heterocycles. The van der Waals surface area contributed by atoms with E-state index in [2.05, 4.69) is 25.1 Å². The maximum atomic E-state index is 13.2. The summed E-state index contributed by atoms with van der Waals surface area (Å²) in [6.07, 6.45) is 8.67. The lowest BCUT2D eigenvalue weighted by molar-refractivity contribution is 0.190. The molecule has 2 aromatic rings. The summed E-state index contributed by atoms with van der Waals surface area (Å²) < 4.78 is 0. The number of urea groups is 1. The van der Waals surface area contributed by atoms with E-state index in [-0.39, 0.29) is 12.1 Å². The van der Waals surface area contributed by atoms with E-state index < -0.39 is 0 Å². The van der Waals surface area contributed by atoms with Crippen molar-refractivity contribution >= 4 is 11.7 Å². The summed E-state index contributed by atoms with van der Waals surface area (Å²) in [7, 11) is 0. The molecule has 0 saturated carbocycles. The number of para-hydroxylation sites is 1. The number of hydrogen-bond acceptors (Lipinski definition) is 1. The van der Waals surface area contributed by atoms with Gasteiger partial charge in [0.25, 0.3) is 0 Å². The van der Waals surface area contributed by atoms with Gasteiger partial charge in [0.1, 0.15) is 0 Å². The minimum atomic E-state index is 0.00953. The molecule has 0 aromatic heterocycles. The lowest BCUT2D eigenvalue weighted by Crippen LogP contribution is -2.46. The smallest absolute Gasteiger partial charge is 0.313 e. The second kappa shape index (κ2) is 8.52. The SMILES string of the molecule is CCCCCCN1C(=O)N(c2ccccc2)C=C[C@@H]1c1ccccc1. The largest absolute Gasteiger partial charge is 0.329 e. The highest BCUT2D eigenvalue weighted by Gasteiger charge is 2.30. The standard InChI is InChI=1S/C22H26N2O/c1-2-3-4-11-17-24-21(19-12-7-5-8-13-19)16-18-23(22(24)25)20-14-9-6-10-15-20/h5-10,12-16,18,21H,2-4,11,17H2,1H3/t21-/m1/s1. The molecule has 2 amide bonds. The summed E-state index contributed by atoms with van der Waals surface area (Å²) in [5.74, 6) is 0. The molecule has 1 aliphatic rings. The van der Waals surface area contributed by atoms with Gasteiger partial charge in [-0.05, 0) is 30.2 Å². The Labute approximate surface area is 150 Å². The average Bonchev–Trinajstić information content (AvgIpc) is 2.67. The van der Waals surface area contributed by atoms with E-state index in [9.17, 15) is 4.79 Å². The number of benzene rings is 2. The zero-order chi connectivity index (χ0) is 17.5. The number of rotatable bonds is 7. The van der Waals surface area contributed by atoms with E-state index in [1.165, 1.54) is 12.8 Å². The number of hydrogen-bond donors (Lipinski definition) is 0. The molecule has 25 heavy (non-hydrogen) atoms. The molecule has 3 rings (SSSR count). The summed E-state index contributed by atoms with van der Waals surface area (Å²) in [6, 6.07) is 20.2. The van der Waals surface area contributed by atoms with Crippen LogP contribution < -0.4 is 4.90 Å². The van der Waals surface area contributed by atoms with Crippen LogP contribution in [0.15, 0.2) is 72.9 Å². The number of unbranched alkanes of at least 4 members (excludes halogenated alkanes) is 3. The van der Waals surface area contributed by atoms with Gasteiger partial charge >= 0.3 is 6.03 Å². The molecule has 2 aromatic carbocycles. The topological polar surface area (TPSA) is 23.6 Å². The van der Waals surface area contributed by atoms with Gasteiger partial charge < -0.3 is 4.90 Å². The average molecular weight is 334 g/mol. The lowest BCUT2D eigenvalue weighted by atomic mass is 10.0. The summed E-state index contributed by atoms with van der Waals surface area (Å²) >= 11 is 0. The van der Waals surface area contributed by atoms with Crippen LogP contribution in [0.2, 0.25) is 0 Å². The van der Waals surface area contributed by atoms with Crippen LogP contribution in [0.3, 0.4) is 0 Å². The first-order valence-electron chi connectivity index (χ1n) is 9.19. The fourth-order valence-electron chi connectivity index (χ4n) is 3.26. The molecule has 3 nitrogen and oxygen atoms in total. The van der Waals surface area contributed by atoms with Crippen LogP contribution in [-0.2, 0) is 0 Å². The van der Waals surface area contributed by atoms with Gasteiger partial charge in [-0.2, -0.15) is 0 Å². The molecule has 0 fully saturated rings. The van der Waals surface area contributed by atoms with Gasteiger partial charge in [-0.3, -0.25) is 4.90 Å². The fraction of sp³-hybridized carbons (Fsp3) is 0.318. The number of anilines is 1. The first-order chi connectivity index (χ1) is 12.3. The van der Waals surface area contributed by atoms with Crippen LogP contribution in [0.1, 0.15) is 44.2 Å². The summed E-state index contributed by atoms with van der Waals surface area (Å²) in [4.78, 5) is 16.9. The second-order valence-corrected chi connectivity index (χ2v) is 6.44. The molecule has 1 atom stereocenters. The number of carbonyl (C=O) groups is 1. The Balaban J connectivity index is 1.85. The molecule has 0 unspecified atom stereocenters. The quantitative estimate of drug-likeness (QED) is 0.590. The first kappa shape index (κ1) is 17.3. The summed E-state index contributed by atoms with van der Waals surface area (Å²) in [6.45, 7) is 2.99. The third kappa shape index (κ3) is 4.11. The van der Waals surface area contributed by atoms with Crippen molar-refractivity contribution in [3.05, 3.63) is 78.5 Å². The van der Waals surface area contributed by atoms with Gasteiger partial charge in [0.05, 0.1) is 11.7 Å². The highest BCUT2D eigenvalue weighted by atomic mass is 16.2. The molecular weight excluding hydrogens is 308 g/mol. The van der Waals surface area contributed by atoms with Crippen molar-refractivity contribution in [2.24, 2.45) is 0 Å². The second-order valence-electron chi connectivity index (χ2n) is 6.44. The molecule has 0 bridgehead atoms. The van der Waals surface area contributed by atoms with E-state index in [0.29, 0.717) is 0 Å². The van der Waals surface area contributed by atoms with Crippen molar-refractivity contribution in [3.63, 3.8) is 0 Å². The minimum absolute atomic E-state index is 0.00953. The van der Waals surface area contributed by atoms with Crippen molar-refractivity contribution in [2.75, 3.05) is 11.4 Å². The van der Waals surface area contributed by atoms with Crippen molar-refractivity contribution < 1.29 is 4.79 Å². The van der Waals surface area contributed by atoms with Crippen molar-refractivity contribution in [1.82, 2.24) is 4.90 Å². The molecule has 1 aliphatic heterocycles.